The van der Waals surface area contributed by atoms with Gasteiger partial charge < -0.3 is 16.1 Å². The number of nitrogens with two attached hydrogens (primary N) is 2. The molecular weight excluding hydrogens is 244 g/mol. The highest BCUT2D eigenvalue weighted by Crippen LogP contribution is 2.39. The van der Waals surface area contributed by atoms with E-state index in [1.807, 2.05) is 4.90 Å². The van der Waals surface area contributed by atoms with Crippen LogP contribution in [-0.2, 0) is 4.79 Å². The van der Waals surface area contributed by atoms with Gasteiger partial charge in [-0.25, -0.2) is 15.8 Å². The van der Waals surface area contributed by atoms with Crippen LogP contribution in [0.5, 0.6) is 0 Å². The Morgan fingerprint density at radius 1 is 1.37 bits per heavy atom. The molecule has 0 spiro atoms. The van der Waals surface area contributed by atoms with Gasteiger partial charge in [0.1, 0.15) is 23.5 Å². The summed E-state index contributed by atoms with van der Waals surface area (Å²) < 4.78 is 0. The van der Waals surface area contributed by atoms with Gasteiger partial charge >= 0.3 is 0 Å². The van der Waals surface area contributed by atoms with Crippen LogP contribution in [0.1, 0.15) is 37.4 Å². The number of carbonyl (C=O) groups is 1. The molecule has 1 atom stereocenters. The first-order chi connectivity index (χ1) is 9.19. The average molecular weight is 262 g/mol. The van der Waals surface area contributed by atoms with Gasteiger partial charge in [-0.3, -0.25) is 4.79 Å². The SMILES string of the molecule is NNc1cc(N2CCCC2C(N)=O)nc(C2CC2)n1. The Bertz CT molecular complexity index is 501. The molecule has 5 N–H and O–H groups in total. The molecule has 7 heteroatoms. The minimum atomic E-state index is -0.300. The smallest absolute Gasteiger partial charge is 0.240 e. The van der Waals surface area contributed by atoms with Gasteiger partial charge in [0.15, 0.2) is 0 Å². The lowest BCUT2D eigenvalue weighted by Gasteiger charge is -2.24. The van der Waals surface area contributed by atoms with Crippen molar-refractivity contribution < 1.29 is 4.79 Å². The molecule has 1 aliphatic carbocycles. The molecule has 1 aromatic rings. The molecule has 7 nitrogen and oxygen atoms in total. The van der Waals surface area contributed by atoms with E-state index in [2.05, 4.69) is 15.4 Å². The fourth-order valence-corrected chi connectivity index (χ4v) is 2.53. The van der Waals surface area contributed by atoms with E-state index in [-0.39, 0.29) is 11.9 Å². The summed E-state index contributed by atoms with van der Waals surface area (Å²) in [6.45, 7) is 0.790. The highest BCUT2D eigenvalue weighted by molar-refractivity contribution is 5.84. The van der Waals surface area contributed by atoms with Crippen molar-refractivity contribution in [3.8, 4) is 0 Å². The van der Waals surface area contributed by atoms with Gasteiger partial charge in [0.2, 0.25) is 5.91 Å². The van der Waals surface area contributed by atoms with Gasteiger partial charge in [-0.15, -0.1) is 0 Å². The summed E-state index contributed by atoms with van der Waals surface area (Å²) in [6.07, 6.45) is 3.96. The molecule has 3 rings (SSSR count). The van der Waals surface area contributed by atoms with Crippen molar-refractivity contribution >= 4 is 17.5 Å². The Hall–Kier alpha value is -1.89. The number of primary amides is 1. The first kappa shape index (κ1) is 12.2. The summed E-state index contributed by atoms with van der Waals surface area (Å²) in [4.78, 5) is 22.4. The summed E-state index contributed by atoms with van der Waals surface area (Å²) in [5, 5.41) is 0. The van der Waals surface area contributed by atoms with Crippen LogP contribution in [0.3, 0.4) is 0 Å². The molecule has 0 aromatic carbocycles. The minimum Gasteiger partial charge on any atom is -0.368 e. The number of hydrogen-bond acceptors (Lipinski definition) is 6. The molecule has 1 saturated heterocycles. The predicted molar refractivity (Wildman–Crippen MR) is 71.4 cm³/mol. The molecule has 1 amide bonds. The summed E-state index contributed by atoms with van der Waals surface area (Å²) in [7, 11) is 0. The fourth-order valence-electron chi connectivity index (χ4n) is 2.53. The van der Waals surface area contributed by atoms with Crippen molar-refractivity contribution in [2.75, 3.05) is 16.9 Å². The van der Waals surface area contributed by atoms with E-state index in [9.17, 15) is 4.79 Å². The van der Waals surface area contributed by atoms with E-state index in [4.69, 9.17) is 11.6 Å². The Balaban J connectivity index is 1.94. The monoisotopic (exact) mass is 262 g/mol. The third kappa shape index (κ3) is 2.33. The van der Waals surface area contributed by atoms with Crippen molar-refractivity contribution in [3.05, 3.63) is 11.9 Å². The number of hydrazine groups is 1. The Morgan fingerprint density at radius 2 is 2.16 bits per heavy atom. The van der Waals surface area contributed by atoms with Crippen molar-refractivity contribution in [2.45, 2.75) is 37.6 Å². The average Bonchev–Trinajstić information content (AvgIpc) is 3.14. The Kier molecular flexibility index (Phi) is 2.98. The number of anilines is 2. The minimum absolute atomic E-state index is 0.271. The van der Waals surface area contributed by atoms with Gasteiger partial charge in [-0.1, -0.05) is 0 Å². The van der Waals surface area contributed by atoms with Gasteiger partial charge in [-0.05, 0) is 25.7 Å². The van der Waals surface area contributed by atoms with Crippen LogP contribution in [0.4, 0.5) is 11.6 Å². The largest absolute Gasteiger partial charge is 0.368 e. The van der Waals surface area contributed by atoms with Crippen molar-refractivity contribution in [1.29, 1.82) is 0 Å². The summed E-state index contributed by atoms with van der Waals surface area (Å²) in [5.41, 5.74) is 8.01. The highest BCUT2D eigenvalue weighted by atomic mass is 16.1. The lowest BCUT2D eigenvalue weighted by Crippen LogP contribution is -2.41. The van der Waals surface area contributed by atoms with Crippen LogP contribution in [-0.4, -0.2) is 28.5 Å². The fraction of sp³-hybridized carbons (Fsp3) is 0.583. The third-order valence-electron chi connectivity index (χ3n) is 3.70. The molecule has 19 heavy (non-hydrogen) atoms. The number of nitrogens with zero attached hydrogens (tertiary/aromatic N) is 3. The third-order valence-corrected chi connectivity index (χ3v) is 3.70. The number of aromatic nitrogens is 2. The topological polar surface area (TPSA) is 110 Å². The number of carbonyl (C=O) groups excluding carboxylic acids is 1. The van der Waals surface area contributed by atoms with Crippen LogP contribution in [0.2, 0.25) is 0 Å². The standard InChI is InChI=1S/C12H18N6O/c13-11(19)8-2-1-5-18(8)10-6-9(17-14)15-12(16-10)7-3-4-7/h6-8H,1-5,14H2,(H2,13,19)(H,15,16,17). The zero-order chi connectivity index (χ0) is 13.4. The van der Waals surface area contributed by atoms with Crippen LogP contribution in [0, 0.1) is 0 Å². The van der Waals surface area contributed by atoms with Gasteiger partial charge in [-0.2, -0.15) is 0 Å². The molecule has 1 saturated carbocycles. The maximum absolute atomic E-state index is 11.5. The first-order valence-electron chi connectivity index (χ1n) is 6.60. The zero-order valence-corrected chi connectivity index (χ0v) is 10.7. The van der Waals surface area contributed by atoms with E-state index in [1.165, 1.54) is 0 Å². The predicted octanol–water partition coefficient (Wildman–Crippen LogP) is 0.0937. The summed E-state index contributed by atoms with van der Waals surface area (Å²) in [6, 6.07) is 1.50. The van der Waals surface area contributed by atoms with Gasteiger partial charge in [0, 0.05) is 18.5 Å². The molecule has 2 fully saturated rings. The molecule has 0 bridgehead atoms. The van der Waals surface area contributed by atoms with Gasteiger partial charge in [0.05, 0.1) is 0 Å². The maximum atomic E-state index is 11.5. The number of nitrogens with one attached hydrogen (secondary N) is 1. The van der Waals surface area contributed by atoms with E-state index < -0.39 is 0 Å². The first-order valence-corrected chi connectivity index (χ1v) is 6.60. The van der Waals surface area contributed by atoms with E-state index in [0.717, 1.165) is 43.9 Å². The molecule has 1 aromatic heterocycles. The number of amides is 1. The quantitative estimate of drug-likeness (QED) is 0.524. The van der Waals surface area contributed by atoms with Crippen LogP contribution in [0.25, 0.3) is 0 Å². The lowest BCUT2D eigenvalue weighted by molar-refractivity contribution is -0.119. The molecule has 2 heterocycles. The summed E-state index contributed by atoms with van der Waals surface area (Å²) >= 11 is 0. The molecule has 1 unspecified atom stereocenters. The Morgan fingerprint density at radius 3 is 2.79 bits per heavy atom. The normalized spacial score (nSPS) is 22.6. The molecular formula is C12H18N6O. The lowest BCUT2D eigenvalue weighted by atomic mass is 10.2. The molecule has 1 aliphatic heterocycles. The molecule has 2 aliphatic rings. The van der Waals surface area contributed by atoms with Gasteiger partial charge in [0.25, 0.3) is 0 Å². The van der Waals surface area contributed by atoms with E-state index in [1.54, 1.807) is 6.07 Å². The number of hydrogen-bond donors (Lipinski definition) is 3. The van der Waals surface area contributed by atoms with Crippen LogP contribution < -0.4 is 21.9 Å². The second-order valence-electron chi connectivity index (χ2n) is 5.14. The summed E-state index contributed by atoms with van der Waals surface area (Å²) in [5.74, 6) is 7.72. The van der Waals surface area contributed by atoms with Crippen LogP contribution >= 0.6 is 0 Å². The molecule has 0 radical (unpaired) electrons. The Labute approximate surface area is 111 Å². The second-order valence-corrected chi connectivity index (χ2v) is 5.14. The van der Waals surface area contributed by atoms with Crippen molar-refractivity contribution in [3.63, 3.8) is 0 Å². The molecule has 102 valence electrons. The maximum Gasteiger partial charge on any atom is 0.240 e. The zero-order valence-electron chi connectivity index (χ0n) is 10.7. The van der Waals surface area contributed by atoms with E-state index >= 15 is 0 Å². The number of nitrogen functional groups attached to an aromatic ring is 1. The van der Waals surface area contributed by atoms with Crippen LogP contribution in [0.15, 0.2) is 6.07 Å². The second kappa shape index (κ2) is 4.65. The van der Waals surface area contributed by atoms with Crippen molar-refractivity contribution in [1.82, 2.24) is 9.97 Å². The number of rotatable bonds is 4. The van der Waals surface area contributed by atoms with E-state index in [0.29, 0.717) is 11.7 Å². The van der Waals surface area contributed by atoms with Crippen molar-refractivity contribution in [2.24, 2.45) is 11.6 Å². The highest BCUT2D eigenvalue weighted by Gasteiger charge is 2.32.